The highest BCUT2D eigenvalue weighted by Crippen LogP contribution is 2.19. The molecule has 14 heavy (non-hydrogen) atoms. The highest BCUT2D eigenvalue weighted by molar-refractivity contribution is 6.49. The quantitative estimate of drug-likeness (QED) is 0.540. The van der Waals surface area contributed by atoms with Crippen molar-refractivity contribution in [2.75, 3.05) is 14.1 Å². The van der Waals surface area contributed by atoms with E-state index in [0.717, 1.165) is 10.6 Å². The lowest BCUT2D eigenvalue weighted by Gasteiger charge is -1.97. The van der Waals surface area contributed by atoms with Crippen LogP contribution in [0, 0.1) is 0 Å². The molecule has 1 rings (SSSR count). The molecule has 0 aliphatic heterocycles. The van der Waals surface area contributed by atoms with Gasteiger partial charge in [0.25, 0.3) is 0 Å². The number of hydrogen-bond acceptors (Lipinski definition) is 0. The fourth-order valence-corrected chi connectivity index (χ4v) is 1.23. The van der Waals surface area contributed by atoms with Crippen LogP contribution in [0.3, 0.4) is 0 Å². The van der Waals surface area contributed by atoms with Crippen molar-refractivity contribution in [2.24, 2.45) is 0 Å². The first kappa shape index (κ1) is 11.3. The molecule has 74 valence electrons. The molecule has 1 nitrogen and oxygen atoms in total. The summed E-state index contributed by atoms with van der Waals surface area (Å²) in [6, 6.07) is 7.43. The van der Waals surface area contributed by atoms with Gasteiger partial charge in [-0.25, -0.2) is 4.58 Å². The molecule has 0 bridgehead atoms. The zero-order valence-corrected chi connectivity index (χ0v) is 9.68. The molecule has 0 atom stereocenters. The second-order valence-electron chi connectivity index (χ2n) is 3.13. The van der Waals surface area contributed by atoms with Crippen molar-refractivity contribution >= 4 is 34.4 Å². The lowest BCUT2D eigenvalue weighted by atomic mass is 10.2. The monoisotopic (exact) mass is 228 g/mol. The molecule has 0 aromatic heterocycles. The Bertz CT molecular complexity index is 359. The highest BCUT2D eigenvalue weighted by Gasteiger charge is 1.97. The molecule has 1 aromatic rings. The average molecular weight is 229 g/mol. The van der Waals surface area contributed by atoms with Crippen LogP contribution >= 0.6 is 23.2 Å². The lowest BCUT2D eigenvalue weighted by molar-refractivity contribution is -0.458. The van der Waals surface area contributed by atoms with Crippen molar-refractivity contribution in [1.29, 1.82) is 0 Å². The summed E-state index contributed by atoms with van der Waals surface area (Å²) in [6.07, 6.45) is 3.75. The average Bonchev–Trinajstić information content (AvgIpc) is 2.15. The Morgan fingerprint density at radius 2 is 1.79 bits per heavy atom. The third-order valence-electron chi connectivity index (χ3n) is 1.64. The normalized spacial score (nSPS) is 11.3. The highest BCUT2D eigenvalue weighted by atomic mass is 35.5. The van der Waals surface area contributed by atoms with Crippen molar-refractivity contribution in [3.05, 3.63) is 40.9 Å². The van der Waals surface area contributed by atoms with E-state index in [1.54, 1.807) is 0 Å². The molecule has 0 radical (unpaired) electrons. The molecule has 0 heterocycles. The fraction of sp³-hybridized carbons (Fsp3) is 0.182. The molecule has 0 saturated heterocycles. The van der Waals surface area contributed by atoms with Crippen molar-refractivity contribution in [2.45, 2.75) is 0 Å². The van der Waals surface area contributed by atoms with Gasteiger partial charge in [-0.05, 0) is 17.7 Å². The van der Waals surface area contributed by atoms with Crippen LogP contribution in [-0.2, 0) is 0 Å². The number of allylic oxidation sites excluding steroid dienone is 1. The Hall–Kier alpha value is -0.790. The second-order valence-corrected chi connectivity index (χ2v) is 3.98. The molecular weight excluding hydrogens is 217 g/mol. The lowest BCUT2D eigenvalue weighted by Crippen LogP contribution is -1.95. The molecule has 0 aliphatic carbocycles. The summed E-state index contributed by atoms with van der Waals surface area (Å²) in [5, 5.41) is 1.42. The predicted octanol–water partition coefficient (Wildman–Crippen LogP) is 3.26. The maximum atomic E-state index is 6.06. The van der Waals surface area contributed by atoms with Gasteiger partial charge in [-0.2, -0.15) is 0 Å². The van der Waals surface area contributed by atoms with Gasteiger partial charge in [-0.1, -0.05) is 35.3 Å². The summed E-state index contributed by atoms with van der Waals surface area (Å²) >= 11 is 11.8. The van der Waals surface area contributed by atoms with Gasteiger partial charge >= 0.3 is 0 Å². The van der Waals surface area contributed by atoms with E-state index in [2.05, 4.69) is 0 Å². The summed E-state index contributed by atoms with van der Waals surface area (Å²) in [5.41, 5.74) is 0.967. The first-order chi connectivity index (χ1) is 6.59. The van der Waals surface area contributed by atoms with Crippen LogP contribution in [0.4, 0.5) is 0 Å². The van der Waals surface area contributed by atoms with E-state index in [9.17, 15) is 0 Å². The van der Waals surface area contributed by atoms with Crippen molar-refractivity contribution in [1.82, 2.24) is 0 Å². The number of rotatable bonds is 2. The molecule has 3 heteroatoms. The molecule has 0 N–H and O–H groups in total. The fourth-order valence-electron chi connectivity index (χ4n) is 0.920. The zero-order valence-electron chi connectivity index (χ0n) is 8.17. The van der Waals surface area contributed by atoms with E-state index in [4.69, 9.17) is 23.2 Å². The Morgan fingerprint density at radius 1 is 1.21 bits per heavy atom. The Morgan fingerprint density at radius 3 is 2.29 bits per heavy atom. The van der Waals surface area contributed by atoms with Gasteiger partial charge in [0.05, 0.1) is 5.03 Å². The topological polar surface area (TPSA) is 3.01 Å². The van der Waals surface area contributed by atoms with Gasteiger partial charge in [0.15, 0.2) is 6.21 Å². The zero-order chi connectivity index (χ0) is 10.6. The Balaban J connectivity index is 2.89. The predicted molar refractivity (Wildman–Crippen MR) is 63.5 cm³/mol. The van der Waals surface area contributed by atoms with E-state index in [0.29, 0.717) is 5.03 Å². The van der Waals surface area contributed by atoms with Crippen LogP contribution < -0.4 is 0 Å². The summed E-state index contributed by atoms with van der Waals surface area (Å²) in [6.45, 7) is 0. The van der Waals surface area contributed by atoms with Crippen LogP contribution in [0.25, 0.3) is 5.03 Å². The van der Waals surface area contributed by atoms with Gasteiger partial charge in [0.2, 0.25) is 0 Å². The van der Waals surface area contributed by atoms with Gasteiger partial charge in [0, 0.05) is 11.1 Å². The van der Waals surface area contributed by atoms with E-state index < -0.39 is 0 Å². The Kier molecular flexibility index (Phi) is 4.18. The molecule has 0 spiro atoms. The summed E-state index contributed by atoms with van der Waals surface area (Å²) < 4.78 is 1.93. The van der Waals surface area contributed by atoms with Crippen LogP contribution in [0.1, 0.15) is 5.56 Å². The summed E-state index contributed by atoms with van der Waals surface area (Å²) in [4.78, 5) is 0. The smallest absolute Gasteiger partial charge is 0.164 e. The van der Waals surface area contributed by atoms with Crippen molar-refractivity contribution < 1.29 is 4.58 Å². The van der Waals surface area contributed by atoms with Crippen LogP contribution in [0.15, 0.2) is 30.3 Å². The van der Waals surface area contributed by atoms with Gasteiger partial charge < -0.3 is 0 Å². The number of hydrogen-bond donors (Lipinski definition) is 0. The molecule has 0 unspecified atom stereocenters. The number of benzene rings is 1. The van der Waals surface area contributed by atoms with E-state index >= 15 is 0 Å². The van der Waals surface area contributed by atoms with E-state index in [1.165, 1.54) is 0 Å². The standard InChI is InChI=1S/C11H12Cl2N/c1-14(2)8-7-11(13)9-3-5-10(12)6-4-9/h3-8H,1-2H3/q+1. The second kappa shape index (κ2) is 5.18. The first-order valence-corrected chi connectivity index (χ1v) is 4.98. The molecule has 0 amide bonds. The molecule has 0 saturated carbocycles. The Labute approximate surface area is 94.3 Å². The van der Waals surface area contributed by atoms with Crippen molar-refractivity contribution in [3.8, 4) is 0 Å². The molecule has 1 aromatic carbocycles. The SMILES string of the molecule is C[N+](C)=CC=C(Cl)c1ccc(Cl)cc1. The molecular formula is C11H12Cl2N+. The molecule has 0 fully saturated rings. The van der Waals surface area contributed by atoms with Crippen LogP contribution in [0.2, 0.25) is 5.02 Å². The minimum absolute atomic E-state index is 0.704. The van der Waals surface area contributed by atoms with Gasteiger partial charge in [-0.3, -0.25) is 0 Å². The van der Waals surface area contributed by atoms with Crippen LogP contribution in [-0.4, -0.2) is 24.9 Å². The maximum absolute atomic E-state index is 6.06. The number of nitrogens with zero attached hydrogens (tertiary/aromatic N) is 1. The van der Waals surface area contributed by atoms with Gasteiger partial charge in [0.1, 0.15) is 14.1 Å². The summed E-state index contributed by atoms with van der Waals surface area (Å²) in [5.74, 6) is 0. The van der Waals surface area contributed by atoms with Crippen molar-refractivity contribution in [3.63, 3.8) is 0 Å². The summed E-state index contributed by atoms with van der Waals surface area (Å²) in [7, 11) is 3.89. The van der Waals surface area contributed by atoms with Gasteiger partial charge in [-0.15, -0.1) is 0 Å². The number of halogens is 2. The van der Waals surface area contributed by atoms with E-state index in [-0.39, 0.29) is 0 Å². The third kappa shape index (κ3) is 3.52. The first-order valence-electron chi connectivity index (χ1n) is 4.22. The van der Waals surface area contributed by atoms with Crippen LogP contribution in [0.5, 0.6) is 0 Å². The molecule has 0 aliphatic rings. The minimum Gasteiger partial charge on any atom is -0.241 e. The minimum atomic E-state index is 0.704. The maximum Gasteiger partial charge on any atom is 0.164 e. The van der Waals surface area contributed by atoms with E-state index in [1.807, 2.05) is 55.2 Å². The largest absolute Gasteiger partial charge is 0.241 e. The third-order valence-corrected chi connectivity index (χ3v) is 2.24.